The number of H-pyrrole nitrogens is 1. The monoisotopic (exact) mass is 255 g/mol. The lowest BCUT2D eigenvalue weighted by atomic mass is 10.1. The number of hydrogen-bond acceptors (Lipinski definition) is 2. The second-order valence-electron chi connectivity index (χ2n) is 4.49. The van der Waals surface area contributed by atoms with Crippen molar-refractivity contribution in [1.29, 1.82) is 0 Å². The van der Waals surface area contributed by atoms with Gasteiger partial charge in [0, 0.05) is 21.8 Å². The number of rotatable bonds is 3. The van der Waals surface area contributed by atoms with Crippen molar-refractivity contribution in [2.24, 2.45) is 0 Å². The molecule has 0 amide bonds. The van der Waals surface area contributed by atoms with Crippen molar-refractivity contribution in [3.8, 4) is 5.75 Å². The van der Waals surface area contributed by atoms with Crippen LogP contribution in [0, 0.1) is 0 Å². The number of carboxylic acid groups (broad SMARTS) is 1. The first kappa shape index (κ1) is 11.6. The van der Waals surface area contributed by atoms with E-state index in [-0.39, 0.29) is 6.42 Å². The molecule has 0 aliphatic heterocycles. The van der Waals surface area contributed by atoms with E-state index in [1.807, 2.05) is 36.4 Å². The van der Waals surface area contributed by atoms with Gasteiger partial charge >= 0.3 is 5.97 Å². The van der Waals surface area contributed by atoms with Gasteiger partial charge in [0.2, 0.25) is 0 Å². The van der Waals surface area contributed by atoms with Crippen molar-refractivity contribution in [3.63, 3.8) is 0 Å². The lowest BCUT2D eigenvalue weighted by Gasteiger charge is -2.00. The molecule has 0 aliphatic rings. The minimum Gasteiger partial charge on any atom is -0.497 e. The van der Waals surface area contributed by atoms with E-state index in [2.05, 4.69) is 4.98 Å². The van der Waals surface area contributed by atoms with Crippen LogP contribution in [0.2, 0.25) is 0 Å². The summed E-state index contributed by atoms with van der Waals surface area (Å²) in [7, 11) is 1.63. The summed E-state index contributed by atoms with van der Waals surface area (Å²) in [6.07, 6.45) is 0.0343. The first-order chi connectivity index (χ1) is 9.17. The molecular weight excluding hydrogens is 242 g/mol. The second kappa shape index (κ2) is 4.31. The van der Waals surface area contributed by atoms with Crippen molar-refractivity contribution < 1.29 is 14.6 Å². The van der Waals surface area contributed by atoms with Crippen LogP contribution >= 0.6 is 0 Å². The van der Waals surface area contributed by atoms with Crippen LogP contribution in [-0.4, -0.2) is 23.2 Å². The van der Waals surface area contributed by atoms with Crippen LogP contribution in [0.3, 0.4) is 0 Å². The van der Waals surface area contributed by atoms with Gasteiger partial charge in [-0.2, -0.15) is 0 Å². The number of carboxylic acids is 1. The van der Waals surface area contributed by atoms with E-state index in [0.29, 0.717) is 0 Å². The third kappa shape index (κ3) is 2.01. The zero-order chi connectivity index (χ0) is 13.4. The standard InChI is InChI=1S/C15H13NO3/c1-19-10-3-5-14-12(8-10)11-6-9(7-15(17)18)2-4-13(11)16-14/h2-6,8,16H,7H2,1H3,(H,17,18). The van der Waals surface area contributed by atoms with Crippen LogP contribution < -0.4 is 4.74 Å². The van der Waals surface area contributed by atoms with Crippen molar-refractivity contribution in [2.75, 3.05) is 7.11 Å². The third-order valence-corrected chi connectivity index (χ3v) is 3.23. The Morgan fingerprint density at radius 1 is 1.16 bits per heavy atom. The molecule has 96 valence electrons. The van der Waals surface area contributed by atoms with E-state index >= 15 is 0 Å². The maximum atomic E-state index is 10.8. The van der Waals surface area contributed by atoms with Crippen LogP contribution in [0.1, 0.15) is 5.56 Å². The van der Waals surface area contributed by atoms with Gasteiger partial charge in [0.25, 0.3) is 0 Å². The van der Waals surface area contributed by atoms with Gasteiger partial charge in [0.15, 0.2) is 0 Å². The molecule has 0 bridgehead atoms. The molecule has 2 N–H and O–H groups in total. The summed E-state index contributed by atoms with van der Waals surface area (Å²) in [6, 6.07) is 11.5. The van der Waals surface area contributed by atoms with Crippen LogP contribution in [0.5, 0.6) is 5.75 Å². The van der Waals surface area contributed by atoms with Gasteiger partial charge < -0.3 is 14.8 Å². The van der Waals surface area contributed by atoms with Crippen molar-refractivity contribution in [1.82, 2.24) is 4.98 Å². The first-order valence-corrected chi connectivity index (χ1v) is 5.97. The molecular formula is C15H13NO3. The molecule has 0 saturated heterocycles. The van der Waals surface area contributed by atoms with Crippen molar-refractivity contribution in [3.05, 3.63) is 42.0 Å². The largest absolute Gasteiger partial charge is 0.497 e. The fraction of sp³-hybridized carbons (Fsp3) is 0.133. The maximum Gasteiger partial charge on any atom is 0.307 e. The molecule has 3 aromatic rings. The molecule has 0 saturated carbocycles. The van der Waals surface area contributed by atoms with Crippen molar-refractivity contribution in [2.45, 2.75) is 6.42 Å². The Kier molecular flexibility index (Phi) is 2.63. The number of hydrogen-bond donors (Lipinski definition) is 2. The quantitative estimate of drug-likeness (QED) is 0.756. The Morgan fingerprint density at radius 3 is 2.53 bits per heavy atom. The van der Waals surface area contributed by atoms with Crippen LogP contribution in [0.15, 0.2) is 36.4 Å². The zero-order valence-electron chi connectivity index (χ0n) is 10.4. The summed E-state index contributed by atoms with van der Waals surface area (Å²) < 4.78 is 5.23. The number of benzene rings is 2. The highest BCUT2D eigenvalue weighted by Gasteiger charge is 2.08. The Morgan fingerprint density at radius 2 is 1.84 bits per heavy atom. The van der Waals surface area contributed by atoms with Crippen LogP contribution in [-0.2, 0) is 11.2 Å². The first-order valence-electron chi connectivity index (χ1n) is 5.97. The molecule has 1 aromatic heterocycles. The van der Waals surface area contributed by atoms with Gasteiger partial charge in [-0.25, -0.2) is 0 Å². The van der Waals surface area contributed by atoms with Gasteiger partial charge in [0.05, 0.1) is 13.5 Å². The Labute approximate surface area is 109 Å². The number of aliphatic carboxylic acids is 1. The van der Waals surface area contributed by atoms with Gasteiger partial charge in [0.1, 0.15) is 5.75 Å². The average Bonchev–Trinajstić information content (AvgIpc) is 2.75. The highest BCUT2D eigenvalue weighted by molar-refractivity contribution is 6.08. The molecule has 0 fully saturated rings. The predicted molar refractivity (Wildman–Crippen MR) is 73.7 cm³/mol. The lowest BCUT2D eigenvalue weighted by Crippen LogP contribution is -1.99. The van der Waals surface area contributed by atoms with E-state index in [0.717, 1.165) is 33.1 Å². The van der Waals surface area contributed by atoms with Crippen LogP contribution in [0.4, 0.5) is 0 Å². The van der Waals surface area contributed by atoms with E-state index < -0.39 is 5.97 Å². The fourth-order valence-electron chi connectivity index (χ4n) is 2.34. The molecule has 0 atom stereocenters. The van der Waals surface area contributed by atoms with E-state index in [4.69, 9.17) is 9.84 Å². The fourth-order valence-corrected chi connectivity index (χ4v) is 2.34. The Hall–Kier alpha value is -2.49. The van der Waals surface area contributed by atoms with Gasteiger partial charge in [-0.1, -0.05) is 6.07 Å². The van der Waals surface area contributed by atoms with Crippen molar-refractivity contribution >= 4 is 27.8 Å². The molecule has 0 radical (unpaired) electrons. The summed E-state index contributed by atoms with van der Waals surface area (Å²) >= 11 is 0. The number of carbonyl (C=O) groups is 1. The molecule has 4 heteroatoms. The Bertz CT molecular complexity index is 774. The normalized spacial score (nSPS) is 11.0. The van der Waals surface area contributed by atoms with Gasteiger partial charge in [-0.3, -0.25) is 4.79 Å². The molecule has 0 aliphatic carbocycles. The minimum atomic E-state index is -0.822. The van der Waals surface area contributed by atoms with Gasteiger partial charge in [-0.15, -0.1) is 0 Å². The average molecular weight is 255 g/mol. The predicted octanol–water partition coefficient (Wildman–Crippen LogP) is 2.96. The Balaban J connectivity index is 2.23. The topological polar surface area (TPSA) is 62.3 Å². The number of methoxy groups -OCH3 is 1. The van der Waals surface area contributed by atoms with E-state index in [1.165, 1.54) is 0 Å². The molecule has 4 nitrogen and oxygen atoms in total. The summed E-state index contributed by atoms with van der Waals surface area (Å²) in [6.45, 7) is 0. The van der Waals surface area contributed by atoms with Crippen LogP contribution in [0.25, 0.3) is 21.8 Å². The summed E-state index contributed by atoms with van der Waals surface area (Å²) in [5.41, 5.74) is 2.81. The van der Waals surface area contributed by atoms with E-state index in [9.17, 15) is 4.79 Å². The number of aromatic nitrogens is 1. The summed E-state index contributed by atoms with van der Waals surface area (Å²) in [4.78, 5) is 14.1. The summed E-state index contributed by atoms with van der Waals surface area (Å²) in [5, 5.41) is 10.9. The smallest absolute Gasteiger partial charge is 0.307 e. The maximum absolute atomic E-state index is 10.8. The highest BCUT2D eigenvalue weighted by atomic mass is 16.5. The number of nitrogens with one attached hydrogen (secondary N) is 1. The second-order valence-corrected chi connectivity index (χ2v) is 4.49. The molecule has 0 unspecified atom stereocenters. The lowest BCUT2D eigenvalue weighted by molar-refractivity contribution is -0.136. The van der Waals surface area contributed by atoms with Gasteiger partial charge in [-0.05, 0) is 35.9 Å². The molecule has 1 heterocycles. The minimum absolute atomic E-state index is 0.0343. The molecule has 3 rings (SSSR count). The highest BCUT2D eigenvalue weighted by Crippen LogP contribution is 2.29. The summed E-state index contributed by atoms with van der Waals surface area (Å²) in [5.74, 6) is -0.0335. The number of fused-ring (bicyclic) bond motifs is 3. The van der Waals surface area contributed by atoms with E-state index in [1.54, 1.807) is 7.11 Å². The number of ether oxygens (including phenoxy) is 1. The number of aromatic amines is 1. The molecule has 2 aromatic carbocycles. The zero-order valence-corrected chi connectivity index (χ0v) is 10.4. The SMILES string of the molecule is COc1ccc2[nH]c3ccc(CC(=O)O)cc3c2c1. The third-order valence-electron chi connectivity index (χ3n) is 3.23. The molecule has 0 spiro atoms. The molecule has 19 heavy (non-hydrogen) atoms.